The first-order chi connectivity index (χ1) is 9.93. The number of ether oxygens (including phenoxy) is 1. The van der Waals surface area contributed by atoms with E-state index in [1.165, 1.54) is 18.2 Å². The van der Waals surface area contributed by atoms with Crippen LogP contribution in [0, 0.1) is 10.1 Å². The van der Waals surface area contributed by atoms with E-state index in [9.17, 15) is 19.7 Å². The molecule has 0 atom stereocenters. The van der Waals surface area contributed by atoms with Gasteiger partial charge in [-0.15, -0.1) is 0 Å². The number of hydrogen-bond acceptors (Lipinski definition) is 5. The molecule has 0 spiro atoms. The molecule has 0 unspecified atom stereocenters. The molecule has 112 valence electrons. The van der Waals surface area contributed by atoms with Crippen molar-refractivity contribution < 1.29 is 19.2 Å². The average molecular weight is 313 g/mol. The monoisotopic (exact) mass is 312 g/mol. The molecule has 21 heavy (non-hydrogen) atoms. The lowest BCUT2D eigenvalue weighted by Gasteiger charge is -2.06. The zero-order valence-electron chi connectivity index (χ0n) is 11.0. The van der Waals surface area contributed by atoms with Gasteiger partial charge in [0.15, 0.2) is 0 Å². The minimum absolute atomic E-state index is 0.0221. The van der Waals surface area contributed by atoms with Crippen LogP contribution < -0.4 is 5.32 Å². The van der Waals surface area contributed by atoms with Gasteiger partial charge in [0.2, 0.25) is 5.91 Å². The lowest BCUT2D eigenvalue weighted by Crippen LogP contribution is -2.15. The number of esters is 1. The number of hydrogen-bond donors (Lipinski definition) is 1. The van der Waals surface area contributed by atoms with Crippen LogP contribution in [0.2, 0.25) is 5.02 Å². The van der Waals surface area contributed by atoms with Crippen LogP contribution in [-0.4, -0.2) is 23.4 Å². The quantitative estimate of drug-likeness (QED) is 0.361. The Kier molecular flexibility index (Phi) is 6.35. The summed E-state index contributed by atoms with van der Waals surface area (Å²) in [5.74, 6) is -1.08. The minimum atomic E-state index is -0.653. The Labute approximate surface area is 125 Å². The van der Waals surface area contributed by atoms with Crippen LogP contribution in [0.25, 0.3) is 0 Å². The third-order valence-electron chi connectivity index (χ3n) is 2.35. The molecule has 1 rings (SSSR count). The van der Waals surface area contributed by atoms with Gasteiger partial charge in [0.05, 0.1) is 11.3 Å². The topological polar surface area (TPSA) is 98.5 Å². The van der Waals surface area contributed by atoms with Gasteiger partial charge in [-0.3, -0.25) is 19.7 Å². The van der Waals surface area contributed by atoms with Crippen LogP contribution in [0.1, 0.15) is 12.8 Å². The van der Waals surface area contributed by atoms with E-state index in [-0.39, 0.29) is 35.8 Å². The number of halogens is 1. The Morgan fingerprint density at radius 3 is 2.76 bits per heavy atom. The van der Waals surface area contributed by atoms with Crippen molar-refractivity contribution in [2.24, 2.45) is 0 Å². The van der Waals surface area contributed by atoms with E-state index in [1.54, 1.807) is 0 Å². The number of benzene rings is 1. The molecule has 1 N–H and O–H groups in total. The highest BCUT2D eigenvalue weighted by molar-refractivity contribution is 6.31. The standard InChI is InChI=1S/C13H13ClN2O5/c1-2-7-21-13(18)6-5-12(17)15-10-4-3-9(14)8-11(10)16(19)20/h2-4,8H,1,5-7H2,(H,15,17). The predicted molar refractivity (Wildman–Crippen MR) is 77.1 cm³/mol. The third kappa shape index (κ3) is 5.62. The summed E-state index contributed by atoms with van der Waals surface area (Å²) < 4.78 is 4.71. The van der Waals surface area contributed by atoms with Gasteiger partial charge in [-0.1, -0.05) is 24.3 Å². The third-order valence-corrected chi connectivity index (χ3v) is 2.58. The molecule has 1 amide bonds. The fourth-order valence-electron chi connectivity index (χ4n) is 1.41. The van der Waals surface area contributed by atoms with Gasteiger partial charge in [-0.05, 0) is 12.1 Å². The molecule has 0 saturated carbocycles. The van der Waals surface area contributed by atoms with Crippen LogP contribution in [0.5, 0.6) is 0 Å². The molecule has 0 bridgehead atoms. The van der Waals surface area contributed by atoms with E-state index >= 15 is 0 Å². The number of carbonyl (C=O) groups excluding carboxylic acids is 2. The van der Waals surface area contributed by atoms with Gasteiger partial charge in [0.1, 0.15) is 12.3 Å². The molecule has 0 aliphatic heterocycles. The first kappa shape index (κ1) is 16.6. The zero-order chi connectivity index (χ0) is 15.8. The molecule has 0 aliphatic rings. The van der Waals surface area contributed by atoms with E-state index in [0.29, 0.717) is 0 Å². The largest absolute Gasteiger partial charge is 0.461 e. The highest BCUT2D eigenvalue weighted by Crippen LogP contribution is 2.27. The normalized spacial score (nSPS) is 9.76. The van der Waals surface area contributed by atoms with Crippen LogP contribution in [-0.2, 0) is 14.3 Å². The van der Waals surface area contributed by atoms with Gasteiger partial charge in [-0.2, -0.15) is 0 Å². The van der Waals surface area contributed by atoms with Crippen molar-refractivity contribution in [1.82, 2.24) is 0 Å². The maximum atomic E-state index is 11.7. The maximum Gasteiger partial charge on any atom is 0.306 e. The van der Waals surface area contributed by atoms with Crippen molar-refractivity contribution in [2.45, 2.75) is 12.8 Å². The summed E-state index contributed by atoms with van der Waals surface area (Å²) in [6.07, 6.45) is 1.14. The fraction of sp³-hybridized carbons (Fsp3) is 0.231. The second kappa shape index (κ2) is 8.01. The van der Waals surface area contributed by atoms with E-state index in [1.807, 2.05) is 0 Å². The molecule has 0 aromatic heterocycles. The van der Waals surface area contributed by atoms with Gasteiger partial charge >= 0.3 is 5.97 Å². The maximum absolute atomic E-state index is 11.7. The van der Waals surface area contributed by atoms with Crippen LogP contribution in [0.3, 0.4) is 0 Å². The number of nitro groups is 1. The summed E-state index contributed by atoms with van der Waals surface area (Å²) in [4.78, 5) is 33.1. The number of nitrogens with one attached hydrogen (secondary N) is 1. The Hall–Kier alpha value is -2.41. The highest BCUT2D eigenvalue weighted by Gasteiger charge is 2.17. The Morgan fingerprint density at radius 2 is 2.14 bits per heavy atom. The molecular formula is C13H13ClN2O5. The second-order valence-electron chi connectivity index (χ2n) is 3.94. The van der Waals surface area contributed by atoms with Crippen LogP contribution >= 0.6 is 11.6 Å². The van der Waals surface area contributed by atoms with E-state index in [4.69, 9.17) is 16.3 Å². The van der Waals surface area contributed by atoms with Gasteiger partial charge in [0.25, 0.3) is 5.69 Å². The second-order valence-corrected chi connectivity index (χ2v) is 4.37. The van der Waals surface area contributed by atoms with Crippen molar-refractivity contribution >= 4 is 34.9 Å². The number of amides is 1. The summed E-state index contributed by atoms with van der Waals surface area (Å²) in [6.45, 7) is 3.46. The lowest BCUT2D eigenvalue weighted by molar-refractivity contribution is -0.383. The summed E-state index contributed by atoms with van der Waals surface area (Å²) in [7, 11) is 0. The average Bonchev–Trinajstić information content (AvgIpc) is 2.44. The molecule has 8 heteroatoms. The smallest absolute Gasteiger partial charge is 0.306 e. The fourth-order valence-corrected chi connectivity index (χ4v) is 1.58. The molecular weight excluding hydrogens is 300 g/mol. The summed E-state index contributed by atoms with van der Waals surface area (Å²) >= 11 is 5.66. The molecule has 1 aromatic rings. The molecule has 1 aromatic carbocycles. The van der Waals surface area contributed by atoms with Crippen molar-refractivity contribution in [3.8, 4) is 0 Å². The van der Waals surface area contributed by atoms with E-state index in [0.717, 1.165) is 6.07 Å². The van der Waals surface area contributed by atoms with E-state index in [2.05, 4.69) is 11.9 Å². The Morgan fingerprint density at radius 1 is 1.43 bits per heavy atom. The van der Waals surface area contributed by atoms with E-state index < -0.39 is 16.8 Å². The van der Waals surface area contributed by atoms with Crippen LogP contribution in [0.15, 0.2) is 30.9 Å². The van der Waals surface area contributed by atoms with Crippen LogP contribution in [0.4, 0.5) is 11.4 Å². The van der Waals surface area contributed by atoms with Crippen molar-refractivity contribution in [1.29, 1.82) is 0 Å². The predicted octanol–water partition coefficient (Wildman–Crippen LogP) is 2.70. The van der Waals surface area contributed by atoms with Crippen molar-refractivity contribution in [2.75, 3.05) is 11.9 Å². The molecule has 7 nitrogen and oxygen atoms in total. The molecule has 0 saturated heterocycles. The zero-order valence-corrected chi connectivity index (χ0v) is 11.8. The SMILES string of the molecule is C=CCOC(=O)CCC(=O)Nc1ccc(Cl)cc1[N+](=O)[O-]. The summed E-state index contributed by atoms with van der Waals surface area (Å²) in [6, 6.07) is 3.88. The number of rotatable bonds is 7. The van der Waals surface area contributed by atoms with Crippen molar-refractivity contribution in [3.63, 3.8) is 0 Å². The molecule has 0 aliphatic carbocycles. The first-order valence-electron chi connectivity index (χ1n) is 5.94. The minimum Gasteiger partial charge on any atom is -0.461 e. The molecule has 0 radical (unpaired) electrons. The first-order valence-corrected chi connectivity index (χ1v) is 6.32. The summed E-state index contributed by atoms with van der Waals surface area (Å²) in [5.41, 5.74) is -0.293. The highest BCUT2D eigenvalue weighted by atomic mass is 35.5. The van der Waals surface area contributed by atoms with Gasteiger partial charge in [-0.25, -0.2) is 0 Å². The number of nitro benzene ring substituents is 1. The summed E-state index contributed by atoms with van der Waals surface area (Å²) in [5, 5.41) is 13.4. The lowest BCUT2D eigenvalue weighted by atomic mass is 10.2. The van der Waals surface area contributed by atoms with Gasteiger partial charge < -0.3 is 10.1 Å². The number of carbonyl (C=O) groups is 2. The Balaban J connectivity index is 2.61. The number of nitrogens with zero attached hydrogens (tertiary/aromatic N) is 1. The number of anilines is 1. The molecule has 0 fully saturated rings. The molecule has 0 heterocycles. The Bertz CT molecular complexity index is 574. The van der Waals surface area contributed by atoms with Gasteiger partial charge in [0, 0.05) is 17.5 Å². The van der Waals surface area contributed by atoms with Crippen molar-refractivity contribution in [3.05, 3.63) is 46.0 Å².